The number of carbonyl (C=O) groups is 2. The number of benzene rings is 1. The zero-order valence-corrected chi connectivity index (χ0v) is 16.3. The molecule has 1 heterocycles. The molecule has 25 heavy (non-hydrogen) atoms. The molecule has 0 bridgehead atoms. The molecule has 0 radical (unpaired) electrons. The number of ether oxygens (including phenoxy) is 4. The van der Waals surface area contributed by atoms with Gasteiger partial charge in [0.1, 0.15) is 16.0 Å². The summed E-state index contributed by atoms with van der Waals surface area (Å²) in [6, 6.07) is 3.05. The van der Waals surface area contributed by atoms with E-state index in [0.29, 0.717) is 29.1 Å². The molecule has 2 atom stereocenters. The monoisotopic (exact) mass is 415 g/mol. The van der Waals surface area contributed by atoms with E-state index in [4.69, 9.17) is 18.9 Å². The molecule has 1 aromatic carbocycles. The van der Waals surface area contributed by atoms with Gasteiger partial charge in [-0.25, -0.2) is 4.79 Å². The second-order valence-corrected chi connectivity index (χ2v) is 6.62. The van der Waals surface area contributed by atoms with Gasteiger partial charge in [-0.05, 0) is 41.9 Å². The van der Waals surface area contributed by atoms with Gasteiger partial charge in [0.15, 0.2) is 6.61 Å². The van der Waals surface area contributed by atoms with Crippen LogP contribution in [-0.2, 0) is 14.3 Å². The van der Waals surface area contributed by atoms with Crippen LogP contribution in [0.25, 0.3) is 0 Å². The molecule has 2 rings (SSSR count). The van der Waals surface area contributed by atoms with Crippen molar-refractivity contribution in [1.82, 2.24) is 4.90 Å². The van der Waals surface area contributed by atoms with E-state index >= 15 is 0 Å². The highest BCUT2D eigenvalue weighted by molar-refractivity contribution is 9.10. The molecule has 0 N–H and O–H groups in total. The van der Waals surface area contributed by atoms with Gasteiger partial charge in [-0.15, -0.1) is 0 Å². The molecule has 1 fully saturated rings. The molecule has 1 aliphatic rings. The summed E-state index contributed by atoms with van der Waals surface area (Å²) in [6.45, 7) is 4.46. The van der Waals surface area contributed by atoms with Crippen molar-refractivity contribution in [1.29, 1.82) is 0 Å². The predicted octanol–water partition coefficient (Wildman–Crippen LogP) is 2.26. The first-order valence-corrected chi connectivity index (χ1v) is 8.66. The van der Waals surface area contributed by atoms with Crippen LogP contribution in [-0.4, -0.2) is 62.9 Å². The number of hydrogen-bond donors (Lipinski definition) is 0. The van der Waals surface area contributed by atoms with Crippen molar-refractivity contribution in [2.45, 2.75) is 26.1 Å². The Morgan fingerprint density at radius 3 is 2.16 bits per heavy atom. The summed E-state index contributed by atoms with van der Waals surface area (Å²) in [5.41, 5.74) is 0.244. The van der Waals surface area contributed by atoms with Crippen molar-refractivity contribution < 1.29 is 28.5 Å². The lowest BCUT2D eigenvalue weighted by atomic mass is 10.2. The van der Waals surface area contributed by atoms with Crippen LogP contribution in [0.2, 0.25) is 0 Å². The maximum atomic E-state index is 12.3. The van der Waals surface area contributed by atoms with Gasteiger partial charge in [-0.2, -0.15) is 0 Å². The first-order chi connectivity index (χ1) is 11.8. The zero-order valence-electron chi connectivity index (χ0n) is 14.7. The molecule has 8 heteroatoms. The average molecular weight is 416 g/mol. The van der Waals surface area contributed by atoms with Gasteiger partial charge in [0.05, 0.1) is 32.0 Å². The molecule has 1 aliphatic heterocycles. The number of halogens is 1. The number of methoxy groups -OCH3 is 2. The van der Waals surface area contributed by atoms with Crippen LogP contribution in [0, 0.1) is 0 Å². The van der Waals surface area contributed by atoms with E-state index in [-0.39, 0.29) is 30.3 Å². The Balaban J connectivity index is 2.01. The van der Waals surface area contributed by atoms with Gasteiger partial charge in [-0.3, -0.25) is 4.79 Å². The molecule has 1 amide bonds. The molecule has 7 nitrogen and oxygen atoms in total. The lowest BCUT2D eigenvalue weighted by Gasteiger charge is -2.35. The van der Waals surface area contributed by atoms with Crippen molar-refractivity contribution in [3.05, 3.63) is 22.2 Å². The van der Waals surface area contributed by atoms with E-state index in [9.17, 15) is 9.59 Å². The van der Waals surface area contributed by atoms with E-state index in [0.717, 1.165) is 0 Å². The van der Waals surface area contributed by atoms with Crippen molar-refractivity contribution >= 4 is 27.8 Å². The topological polar surface area (TPSA) is 74.3 Å². The molecule has 138 valence electrons. The Labute approximate surface area is 155 Å². The van der Waals surface area contributed by atoms with Gasteiger partial charge >= 0.3 is 5.97 Å². The molecule has 0 aliphatic carbocycles. The quantitative estimate of drug-likeness (QED) is 0.686. The molecule has 0 unspecified atom stereocenters. The van der Waals surface area contributed by atoms with E-state index < -0.39 is 5.97 Å². The fraction of sp³-hybridized carbons (Fsp3) is 0.529. The maximum absolute atomic E-state index is 12.3. The minimum absolute atomic E-state index is 0.0385. The van der Waals surface area contributed by atoms with Gasteiger partial charge in [0, 0.05) is 13.1 Å². The molecule has 0 aromatic heterocycles. The zero-order chi connectivity index (χ0) is 18.6. The molecular formula is C17H22BrNO6. The molecule has 1 aromatic rings. The van der Waals surface area contributed by atoms with Crippen LogP contribution in [0.1, 0.15) is 24.2 Å². The third kappa shape index (κ3) is 4.85. The van der Waals surface area contributed by atoms with E-state index in [1.165, 1.54) is 26.4 Å². The van der Waals surface area contributed by atoms with Crippen molar-refractivity contribution in [3.8, 4) is 11.5 Å². The first kappa shape index (κ1) is 19.5. The summed E-state index contributed by atoms with van der Waals surface area (Å²) in [4.78, 5) is 26.2. The minimum atomic E-state index is -0.619. The summed E-state index contributed by atoms with van der Waals surface area (Å²) >= 11 is 3.34. The van der Waals surface area contributed by atoms with Gasteiger partial charge in [0.2, 0.25) is 0 Å². The number of nitrogens with zero attached hydrogens (tertiary/aromatic N) is 1. The number of morpholine rings is 1. The van der Waals surface area contributed by atoms with Gasteiger partial charge < -0.3 is 23.8 Å². The second kappa shape index (κ2) is 8.53. The highest BCUT2D eigenvalue weighted by atomic mass is 79.9. The summed E-state index contributed by atoms with van der Waals surface area (Å²) in [6.07, 6.45) is -0.0770. The Kier molecular flexibility index (Phi) is 6.66. The molecule has 0 saturated carbocycles. The van der Waals surface area contributed by atoms with Crippen LogP contribution >= 0.6 is 15.9 Å². The third-order valence-corrected chi connectivity index (χ3v) is 4.56. The van der Waals surface area contributed by atoms with Crippen molar-refractivity contribution in [3.63, 3.8) is 0 Å². The number of hydrogen-bond acceptors (Lipinski definition) is 6. The number of carbonyl (C=O) groups excluding carboxylic acids is 2. The Bertz CT molecular complexity index is 615. The van der Waals surface area contributed by atoms with Crippen molar-refractivity contribution in [2.24, 2.45) is 0 Å². The lowest BCUT2D eigenvalue weighted by Crippen LogP contribution is -2.49. The average Bonchev–Trinajstić information content (AvgIpc) is 2.58. The third-order valence-electron chi connectivity index (χ3n) is 3.78. The van der Waals surface area contributed by atoms with E-state index in [1.54, 1.807) is 4.90 Å². The largest absolute Gasteiger partial charge is 0.495 e. The number of rotatable bonds is 5. The first-order valence-electron chi connectivity index (χ1n) is 7.87. The predicted molar refractivity (Wildman–Crippen MR) is 94.1 cm³/mol. The van der Waals surface area contributed by atoms with Gasteiger partial charge in [0.25, 0.3) is 5.91 Å². The van der Waals surface area contributed by atoms with Crippen LogP contribution in [0.5, 0.6) is 11.5 Å². The summed E-state index contributed by atoms with van der Waals surface area (Å²) in [7, 11) is 2.97. The van der Waals surface area contributed by atoms with Crippen LogP contribution in [0.15, 0.2) is 16.6 Å². The molecule has 1 saturated heterocycles. The smallest absolute Gasteiger partial charge is 0.338 e. The summed E-state index contributed by atoms with van der Waals surface area (Å²) in [5.74, 6) is 0.0140. The highest BCUT2D eigenvalue weighted by Crippen LogP contribution is 2.35. The summed E-state index contributed by atoms with van der Waals surface area (Å²) in [5, 5.41) is 0. The molecule has 0 spiro atoms. The van der Waals surface area contributed by atoms with Crippen LogP contribution < -0.4 is 9.47 Å². The summed E-state index contributed by atoms with van der Waals surface area (Å²) < 4.78 is 21.7. The van der Waals surface area contributed by atoms with Crippen LogP contribution in [0.4, 0.5) is 0 Å². The fourth-order valence-electron chi connectivity index (χ4n) is 2.67. The number of amides is 1. The maximum Gasteiger partial charge on any atom is 0.338 e. The fourth-order valence-corrected chi connectivity index (χ4v) is 3.22. The Hall–Kier alpha value is -1.80. The van der Waals surface area contributed by atoms with Crippen molar-refractivity contribution in [2.75, 3.05) is 33.9 Å². The Morgan fingerprint density at radius 2 is 1.68 bits per heavy atom. The normalized spacial score (nSPS) is 20.1. The highest BCUT2D eigenvalue weighted by Gasteiger charge is 2.26. The lowest BCUT2D eigenvalue weighted by molar-refractivity contribution is -0.146. The van der Waals surface area contributed by atoms with E-state index in [2.05, 4.69) is 15.9 Å². The standard InChI is InChI=1S/C17H22BrNO6/c1-10-7-19(8-11(2)25-10)15(20)9-24-17(21)12-5-13(22-3)16(18)14(6-12)23-4/h5-6,10-11H,7-9H2,1-4H3/t10-,11+. The SMILES string of the molecule is COc1cc(C(=O)OCC(=O)N2C[C@@H](C)O[C@@H](C)C2)cc(OC)c1Br. The Morgan fingerprint density at radius 1 is 1.16 bits per heavy atom. The van der Waals surface area contributed by atoms with Crippen LogP contribution in [0.3, 0.4) is 0 Å². The minimum Gasteiger partial charge on any atom is -0.495 e. The number of esters is 1. The molecular weight excluding hydrogens is 394 g/mol. The van der Waals surface area contributed by atoms with E-state index in [1.807, 2.05) is 13.8 Å². The second-order valence-electron chi connectivity index (χ2n) is 5.83. The van der Waals surface area contributed by atoms with Gasteiger partial charge in [-0.1, -0.05) is 0 Å².